The highest BCUT2D eigenvalue weighted by molar-refractivity contribution is 7.97. The zero-order valence-corrected chi connectivity index (χ0v) is 14.5. The van der Waals surface area contributed by atoms with E-state index in [1.165, 1.54) is 12.1 Å². The quantitative estimate of drug-likeness (QED) is 0.727. The minimum atomic E-state index is -4.32. The summed E-state index contributed by atoms with van der Waals surface area (Å²) in [5.74, 6) is 0.792. The fourth-order valence-electron chi connectivity index (χ4n) is 2.52. The molecule has 0 unspecified atom stereocenters. The number of benzene rings is 2. The molecular formula is C18H18F3NO2S. The third-order valence-corrected chi connectivity index (χ3v) is 5.00. The molecule has 2 aromatic rings. The molecule has 0 amide bonds. The van der Waals surface area contributed by atoms with Gasteiger partial charge in [-0.2, -0.15) is 13.2 Å². The number of hydrogen-bond donors (Lipinski definition) is 0. The fourth-order valence-corrected chi connectivity index (χ4v) is 3.53. The first-order valence-corrected chi connectivity index (χ1v) is 8.61. The Labute approximate surface area is 148 Å². The van der Waals surface area contributed by atoms with Gasteiger partial charge in [0.1, 0.15) is 12.4 Å². The van der Waals surface area contributed by atoms with E-state index in [9.17, 15) is 13.2 Å². The Kier molecular flexibility index (Phi) is 5.56. The summed E-state index contributed by atoms with van der Waals surface area (Å²) in [7, 11) is 1.66. The van der Waals surface area contributed by atoms with Gasteiger partial charge < -0.3 is 9.47 Å². The normalized spacial score (nSPS) is 15.4. The van der Waals surface area contributed by atoms with Gasteiger partial charge in [0.05, 0.1) is 17.1 Å². The summed E-state index contributed by atoms with van der Waals surface area (Å²) in [4.78, 5) is 0.950. The van der Waals surface area contributed by atoms with E-state index in [0.29, 0.717) is 13.2 Å². The van der Waals surface area contributed by atoms with Crippen molar-refractivity contribution in [3.63, 3.8) is 0 Å². The minimum Gasteiger partial charge on any atom is -0.491 e. The summed E-state index contributed by atoms with van der Waals surface area (Å²) in [6, 6.07) is 10.9. The smallest absolute Gasteiger partial charge is 0.416 e. The van der Waals surface area contributed by atoms with E-state index >= 15 is 0 Å². The molecule has 0 saturated carbocycles. The van der Waals surface area contributed by atoms with Crippen LogP contribution in [0.4, 0.5) is 13.2 Å². The Morgan fingerprint density at radius 2 is 1.84 bits per heavy atom. The van der Waals surface area contributed by atoms with Crippen molar-refractivity contribution in [2.24, 2.45) is 0 Å². The number of halogens is 3. The molecule has 2 aromatic carbocycles. The van der Waals surface area contributed by atoms with Crippen LogP contribution in [0.1, 0.15) is 5.56 Å². The zero-order valence-electron chi connectivity index (χ0n) is 13.7. The molecule has 0 atom stereocenters. The van der Waals surface area contributed by atoms with E-state index in [-0.39, 0.29) is 0 Å². The predicted octanol–water partition coefficient (Wildman–Crippen LogP) is 4.72. The average molecular weight is 369 g/mol. The molecule has 7 heteroatoms. The van der Waals surface area contributed by atoms with Crippen molar-refractivity contribution in [2.75, 3.05) is 33.4 Å². The molecule has 0 saturated heterocycles. The Morgan fingerprint density at radius 1 is 1.12 bits per heavy atom. The number of rotatable bonds is 4. The van der Waals surface area contributed by atoms with Gasteiger partial charge in [0, 0.05) is 20.2 Å². The number of fused-ring (bicyclic) bond motifs is 1. The average Bonchev–Trinajstić information content (AvgIpc) is 2.80. The molecule has 0 fully saturated rings. The molecule has 0 aliphatic carbocycles. The van der Waals surface area contributed by atoms with Crippen LogP contribution in [0.3, 0.4) is 0 Å². The molecule has 1 aliphatic heterocycles. The van der Waals surface area contributed by atoms with Gasteiger partial charge in [0.25, 0.3) is 0 Å². The third-order valence-electron chi connectivity index (χ3n) is 3.86. The number of nitrogens with zero attached hydrogens (tertiary/aromatic N) is 1. The van der Waals surface area contributed by atoms with Crippen LogP contribution in [-0.4, -0.2) is 37.7 Å². The van der Waals surface area contributed by atoms with E-state index in [1.807, 2.05) is 18.2 Å². The Bertz CT molecular complexity index is 717. The van der Waals surface area contributed by atoms with Crippen LogP contribution in [-0.2, 0) is 10.9 Å². The molecule has 0 aromatic heterocycles. The van der Waals surface area contributed by atoms with Crippen LogP contribution < -0.4 is 4.74 Å². The predicted molar refractivity (Wildman–Crippen MR) is 91.7 cm³/mol. The van der Waals surface area contributed by atoms with Crippen LogP contribution in [0.25, 0.3) is 11.1 Å². The maximum Gasteiger partial charge on any atom is 0.416 e. The van der Waals surface area contributed by atoms with Crippen molar-refractivity contribution in [1.82, 2.24) is 4.31 Å². The molecule has 134 valence electrons. The first-order chi connectivity index (χ1) is 12.0. The molecule has 0 spiro atoms. The number of methoxy groups -OCH3 is 1. The monoisotopic (exact) mass is 369 g/mol. The van der Waals surface area contributed by atoms with Crippen LogP contribution in [0.15, 0.2) is 47.4 Å². The van der Waals surface area contributed by atoms with Gasteiger partial charge in [0.15, 0.2) is 0 Å². The summed E-state index contributed by atoms with van der Waals surface area (Å²) in [5.41, 5.74) is 0.954. The molecule has 1 aliphatic rings. The van der Waals surface area contributed by atoms with Crippen molar-refractivity contribution in [3.05, 3.63) is 48.0 Å². The summed E-state index contributed by atoms with van der Waals surface area (Å²) in [6.07, 6.45) is -4.32. The second-order valence-corrected chi connectivity index (χ2v) is 6.74. The summed E-state index contributed by atoms with van der Waals surface area (Å²) in [5, 5.41) is 0. The lowest BCUT2D eigenvalue weighted by Gasteiger charge is -2.17. The molecule has 0 bridgehead atoms. The summed E-state index contributed by atoms with van der Waals surface area (Å²) < 4.78 is 51.1. The van der Waals surface area contributed by atoms with E-state index in [1.54, 1.807) is 19.1 Å². The second kappa shape index (κ2) is 7.68. The fraction of sp³-hybridized carbons (Fsp3) is 0.333. The molecule has 1 heterocycles. The van der Waals surface area contributed by atoms with Gasteiger partial charge in [-0.15, -0.1) is 0 Å². The number of ether oxygens (including phenoxy) is 2. The van der Waals surface area contributed by atoms with Crippen LogP contribution >= 0.6 is 11.9 Å². The Balaban J connectivity index is 1.83. The van der Waals surface area contributed by atoms with Crippen LogP contribution in [0.2, 0.25) is 0 Å². The van der Waals surface area contributed by atoms with Gasteiger partial charge in [-0.25, -0.2) is 4.31 Å². The summed E-state index contributed by atoms with van der Waals surface area (Å²) >= 11 is 1.58. The van der Waals surface area contributed by atoms with Crippen LogP contribution in [0, 0.1) is 0 Å². The summed E-state index contributed by atoms with van der Waals surface area (Å²) in [6.45, 7) is 2.76. The van der Waals surface area contributed by atoms with Gasteiger partial charge >= 0.3 is 6.18 Å². The second-order valence-electron chi connectivity index (χ2n) is 5.60. The highest BCUT2D eigenvalue weighted by Gasteiger charge is 2.30. The van der Waals surface area contributed by atoms with Crippen molar-refractivity contribution < 1.29 is 22.6 Å². The van der Waals surface area contributed by atoms with E-state index in [0.717, 1.165) is 47.0 Å². The topological polar surface area (TPSA) is 21.7 Å². The molecule has 3 rings (SSSR count). The highest BCUT2D eigenvalue weighted by Crippen LogP contribution is 2.38. The van der Waals surface area contributed by atoms with Crippen molar-refractivity contribution >= 4 is 11.9 Å². The van der Waals surface area contributed by atoms with Gasteiger partial charge in [-0.05, 0) is 47.3 Å². The highest BCUT2D eigenvalue weighted by atomic mass is 32.2. The zero-order chi connectivity index (χ0) is 17.9. The molecule has 0 N–H and O–H groups in total. The third kappa shape index (κ3) is 4.48. The Morgan fingerprint density at radius 3 is 2.52 bits per heavy atom. The van der Waals surface area contributed by atoms with Crippen LogP contribution in [0.5, 0.6) is 5.75 Å². The number of alkyl halides is 3. The number of hydrogen-bond acceptors (Lipinski definition) is 4. The van der Waals surface area contributed by atoms with E-state index in [4.69, 9.17) is 9.47 Å². The largest absolute Gasteiger partial charge is 0.491 e. The lowest BCUT2D eigenvalue weighted by Crippen LogP contribution is -2.23. The van der Waals surface area contributed by atoms with E-state index in [2.05, 4.69) is 4.31 Å². The molecule has 0 radical (unpaired) electrons. The SMILES string of the molecule is COCCN1CCOc2ccc(-c3ccc(C(F)(F)F)cc3)cc2S1. The lowest BCUT2D eigenvalue weighted by atomic mass is 10.0. The first-order valence-electron chi connectivity index (χ1n) is 7.84. The lowest BCUT2D eigenvalue weighted by molar-refractivity contribution is -0.137. The van der Waals surface area contributed by atoms with E-state index < -0.39 is 11.7 Å². The molecule has 25 heavy (non-hydrogen) atoms. The molecular weight excluding hydrogens is 351 g/mol. The maximum absolute atomic E-state index is 12.7. The Hall–Kier alpha value is -1.70. The van der Waals surface area contributed by atoms with Crippen molar-refractivity contribution in [1.29, 1.82) is 0 Å². The first kappa shape index (κ1) is 18.1. The maximum atomic E-state index is 12.7. The molecule has 3 nitrogen and oxygen atoms in total. The van der Waals surface area contributed by atoms with Crippen molar-refractivity contribution in [3.8, 4) is 16.9 Å². The van der Waals surface area contributed by atoms with Gasteiger partial charge in [-0.3, -0.25) is 0 Å². The van der Waals surface area contributed by atoms with Gasteiger partial charge in [0.2, 0.25) is 0 Å². The van der Waals surface area contributed by atoms with Crippen molar-refractivity contribution in [2.45, 2.75) is 11.1 Å². The van der Waals surface area contributed by atoms with Gasteiger partial charge in [-0.1, -0.05) is 18.2 Å². The standard InChI is InChI=1S/C18H18F3NO2S/c1-23-10-8-22-9-11-24-16-7-4-14(12-17(16)25-22)13-2-5-15(6-3-13)18(19,20)21/h2-7,12H,8-11H2,1H3. The minimum absolute atomic E-state index is 0.587.